The molecule has 0 saturated carbocycles. The van der Waals surface area contributed by atoms with Gasteiger partial charge in [-0.05, 0) is 79.1 Å². The Labute approximate surface area is 190 Å². The Balaban J connectivity index is 2.62. The SMILES string of the molecule is CC(C)c1cc(S(=O)(=O)[O-])c(C(C)C)cc1OC(=O)c1cc(Br)cc(Br)c1Br. The van der Waals surface area contributed by atoms with E-state index in [0.29, 0.717) is 30.1 Å². The lowest BCUT2D eigenvalue weighted by Crippen LogP contribution is -2.14. The van der Waals surface area contributed by atoms with Gasteiger partial charge in [0.1, 0.15) is 15.9 Å². The lowest BCUT2D eigenvalue weighted by Gasteiger charge is -2.21. The number of hydrogen-bond acceptors (Lipinski definition) is 5. The molecule has 0 aliphatic heterocycles. The number of hydrogen-bond donors (Lipinski definition) is 0. The smallest absolute Gasteiger partial charge is 0.344 e. The average Bonchev–Trinajstić information content (AvgIpc) is 2.56. The lowest BCUT2D eigenvalue weighted by molar-refractivity contribution is 0.0731. The molecule has 0 saturated heterocycles. The molecule has 28 heavy (non-hydrogen) atoms. The van der Waals surface area contributed by atoms with Gasteiger partial charge < -0.3 is 9.29 Å². The minimum Gasteiger partial charge on any atom is -0.744 e. The van der Waals surface area contributed by atoms with Crippen molar-refractivity contribution in [2.24, 2.45) is 0 Å². The number of rotatable bonds is 5. The molecule has 0 aliphatic carbocycles. The maximum atomic E-state index is 12.8. The molecular formula is C19H18Br3O5S-. The number of benzene rings is 2. The van der Waals surface area contributed by atoms with Crippen LogP contribution in [0.4, 0.5) is 0 Å². The van der Waals surface area contributed by atoms with Gasteiger partial charge in [-0.15, -0.1) is 0 Å². The fraction of sp³-hybridized carbons (Fsp3) is 0.316. The van der Waals surface area contributed by atoms with Gasteiger partial charge in [0, 0.05) is 13.4 Å². The van der Waals surface area contributed by atoms with Gasteiger partial charge in [-0.25, -0.2) is 13.2 Å². The first-order valence-electron chi connectivity index (χ1n) is 8.33. The van der Waals surface area contributed by atoms with Gasteiger partial charge in [-0.1, -0.05) is 43.6 Å². The van der Waals surface area contributed by atoms with Gasteiger partial charge in [0.15, 0.2) is 0 Å². The predicted octanol–water partition coefficient (Wildman–Crippen LogP) is 6.34. The number of esters is 1. The summed E-state index contributed by atoms with van der Waals surface area (Å²) in [4.78, 5) is 12.5. The highest BCUT2D eigenvalue weighted by Gasteiger charge is 2.22. The number of ether oxygens (including phenoxy) is 1. The van der Waals surface area contributed by atoms with E-state index in [1.165, 1.54) is 12.1 Å². The maximum Gasteiger partial charge on any atom is 0.344 e. The molecule has 0 aliphatic rings. The molecule has 0 fully saturated rings. The Bertz CT molecular complexity index is 1030. The summed E-state index contributed by atoms with van der Waals surface area (Å²) in [6.45, 7) is 7.20. The van der Waals surface area contributed by atoms with Gasteiger partial charge in [0.2, 0.25) is 0 Å². The summed E-state index contributed by atoms with van der Waals surface area (Å²) in [5.41, 5.74) is 1.08. The fourth-order valence-electron chi connectivity index (χ4n) is 2.66. The molecule has 9 heteroatoms. The fourth-order valence-corrected chi connectivity index (χ4v) is 5.13. The third kappa shape index (κ3) is 5.24. The highest BCUT2D eigenvalue weighted by atomic mass is 79.9. The molecule has 2 aromatic carbocycles. The van der Waals surface area contributed by atoms with E-state index < -0.39 is 16.1 Å². The second-order valence-electron chi connectivity index (χ2n) is 6.83. The van der Waals surface area contributed by atoms with Crippen molar-refractivity contribution in [3.05, 3.63) is 54.4 Å². The molecule has 5 nitrogen and oxygen atoms in total. The molecular weight excluding hydrogens is 580 g/mol. The average molecular weight is 598 g/mol. The first kappa shape index (κ1) is 23.5. The molecule has 0 heterocycles. The van der Waals surface area contributed by atoms with Crippen LogP contribution in [0.15, 0.2) is 42.6 Å². The Morgan fingerprint density at radius 3 is 2.04 bits per heavy atom. The maximum absolute atomic E-state index is 12.8. The Morgan fingerprint density at radius 1 is 0.964 bits per heavy atom. The largest absolute Gasteiger partial charge is 0.744 e. The molecule has 152 valence electrons. The minimum absolute atomic E-state index is 0.165. The number of carbonyl (C=O) groups excluding carboxylic acids is 1. The van der Waals surface area contributed by atoms with E-state index in [2.05, 4.69) is 47.8 Å². The summed E-state index contributed by atoms with van der Waals surface area (Å²) >= 11 is 10.1. The summed E-state index contributed by atoms with van der Waals surface area (Å²) in [6.07, 6.45) is 0. The van der Waals surface area contributed by atoms with Crippen LogP contribution in [0.25, 0.3) is 0 Å². The van der Waals surface area contributed by atoms with Crippen LogP contribution in [0.1, 0.15) is 61.0 Å². The third-order valence-corrected chi connectivity index (χ3v) is 7.43. The normalized spacial score (nSPS) is 11.9. The van der Waals surface area contributed by atoms with Crippen LogP contribution in [0.5, 0.6) is 5.75 Å². The molecule has 0 N–H and O–H groups in total. The van der Waals surface area contributed by atoms with Crippen LogP contribution in [-0.2, 0) is 10.1 Å². The summed E-state index contributed by atoms with van der Waals surface area (Å²) in [5.74, 6) is -0.784. The zero-order valence-electron chi connectivity index (χ0n) is 15.5. The van der Waals surface area contributed by atoms with E-state index in [9.17, 15) is 17.8 Å². The van der Waals surface area contributed by atoms with E-state index in [0.717, 1.165) is 0 Å². The highest BCUT2D eigenvalue weighted by molar-refractivity contribution is 9.13. The Morgan fingerprint density at radius 2 is 1.54 bits per heavy atom. The summed E-state index contributed by atoms with van der Waals surface area (Å²) < 4.78 is 42.7. The van der Waals surface area contributed by atoms with Crippen LogP contribution in [-0.4, -0.2) is 18.9 Å². The Kier molecular flexibility index (Phi) is 7.53. The molecule has 0 amide bonds. The molecule has 0 unspecified atom stereocenters. The van der Waals surface area contributed by atoms with Crippen molar-refractivity contribution in [3.8, 4) is 5.75 Å². The quantitative estimate of drug-likeness (QED) is 0.174. The van der Waals surface area contributed by atoms with Gasteiger partial charge in [0.05, 0.1) is 10.5 Å². The van der Waals surface area contributed by atoms with Crippen molar-refractivity contribution in [2.75, 3.05) is 0 Å². The second kappa shape index (κ2) is 8.95. The van der Waals surface area contributed by atoms with Crippen molar-refractivity contribution in [1.29, 1.82) is 0 Å². The van der Waals surface area contributed by atoms with E-state index >= 15 is 0 Å². The first-order chi connectivity index (χ1) is 12.8. The van der Waals surface area contributed by atoms with E-state index in [1.807, 2.05) is 13.8 Å². The molecule has 0 spiro atoms. The van der Waals surface area contributed by atoms with Crippen molar-refractivity contribution in [1.82, 2.24) is 0 Å². The van der Waals surface area contributed by atoms with Gasteiger partial charge in [-0.3, -0.25) is 0 Å². The minimum atomic E-state index is -4.66. The van der Waals surface area contributed by atoms with Crippen molar-refractivity contribution >= 4 is 63.9 Å². The molecule has 0 radical (unpaired) electrons. The molecule has 2 aromatic rings. The third-order valence-electron chi connectivity index (χ3n) is 4.07. The van der Waals surface area contributed by atoms with Crippen LogP contribution in [0.2, 0.25) is 0 Å². The van der Waals surface area contributed by atoms with Crippen LogP contribution in [0, 0.1) is 0 Å². The topological polar surface area (TPSA) is 83.5 Å². The summed E-state index contributed by atoms with van der Waals surface area (Å²) in [7, 11) is -4.66. The highest BCUT2D eigenvalue weighted by Crippen LogP contribution is 2.37. The lowest BCUT2D eigenvalue weighted by atomic mass is 9.96. The van der Waals surface area contributed by atoms with Gasteiger partial charge >= 0.3 is 5.97 Å². The van der Waals surface area contributed by atoms with E-state index in [4.69, 9.17) is 4.74 Å². The zero-order chi connectivity index (χ0) is 21.4. The van der Waals surface area contributed by atoms with E-state index in [1.54, 1.807) is 26.0 Å². The van der Waals surface area contributed by atoms with Crippen molar-refractivity contribution < 1.29 is 22.5 Å². The number of halogens is 3. The second-order valence-corrected chi connectivity index (χ2v) is 10.7. The standard InChI is InChI=1S/C19H19Br3O5S/c1-9(2)12-8-17(28(24,25)26)13(10(3)4)7-16(12)27-19(23)14-5-11(20)6-15(21)18(14)22/h5-10H,1-4H3,(H,24,25,26)/p-1. The Hall–Kier alpha value is -0.740. The van der Waals surface area contributed by atoms with Crippen molar-refractivity contribution in [3.63, 3.8) is 0 Å². The predicted molar refractivity (Wildman–Crippen MR) is 117 cm³/mol. The van der Waals surface area contributed by atoms with Gasteiger partial charge in [-0.2, -0.15) is 0 Å². The van der Waals surface area contributed by atoms with E-state index in [-0.39, 0.29) is 22.5 Å². The zero-order valence-corrected chi connectivity index (χ0v) is 21.1. The van der Waals surface area contributed by atoms with Crippen LogP contribution >= 0.6 is 47.8 Å². The molecule has 2 rings (SSSR count). The first-order valence-corrected chi connectivity index (χ1v) is 12.1. The molecule has 0 bridgehead atoms. The number of carbonyl (C=O) groups is 1. The molecule has 0 atom stereocenters. The van der Waals surface area contributed by atoms with Crippen LogP contribution in [0.3, 0.4) is 0 Å². The molecule has 0 aromatic heterocycles. The van der Waals surface area contributed by atoms with Crippen LogP contribution < -0.4 is 4.74 Å². The van der Waals surface area contributed by atoms with Gasteiger partial charge in [0.25, 0.3) is 0 Å². The summed E-state index contributed by atoms with van der Waals surface area (Å²) in [6, 6.07) is 6.19. The monoisotopic (exact) mass is 595 g/mol. The van der Waals surface area contributed by atoms with Crippen molar-refractivity contribution in [2.45, 2.75) is 44.4 Å². The summed E-state index contributed by atoms with van der Waals surface area (Å²) in [5, 5.41) is 0.